The predicted octanol–water partition coefficient (Wildman–Crippen LogP) is 0.284. The SMILES string of the molecule is CNC(=O)CN(C)CCC(=O)Nc1ccc(N)cc1OC. The number of methoxy groups -OCH3 is 1. The zero-order valence-corrected chi connectivity index (χ0v) is 12.6. The van der Waals surface area contributed by atoms with E-state index < -0.39 is 0 Å². The summed E-state index contributed by atoms with van der Waals surface area (Å²) in [4.78, 5) is 24.9. The smallest absolute Gasteiger partial charge is 0.233 e. The normalized spacial score (nSPS) is 10.3. The minimum absolute atomic E-state index is 0.0851. The Morgan fingerprint density at radius 1 is 1.33 bits per heavy atom. The van der Waals surface area contributed by atoms with Crippen molar-refractivity contribution in [3.63, 3.8) is 0 Å². The number of ether oxygens (including phenoxy) is 1. The Morgan fingerprint density at radius 2 is 2.05 bits per heavy atom. The second-order valence-corrected chi connectivity index (χ2v) is 4.67. The maximum Gasteiger partial charge on any atom is 0.233 e. The molecule has 7 heteroatoms. The first-order chi connectivity index (χ1) is 9.96. The van der Waals surface area contributed by atoms with E-state index in [1.807, 2.05) is 0 Å². The molecule has 4 N–H and O–H groups in total. The highest BCUT2D eigenvalue weighted by molar-refractivity contribution is 5.92. The van der Waals surface area contributed by atoms with Gasteiger partial charge >= 0.3 is 0 Å². The molecule has 0 bridgehead atoms. The molecule has 1 rings (SSSR count). The zero-order chi connectivity index (χ0) is 15.8. The van der Waals surface area contributed by atoms with Crippen LogP contribution >= 0.6 is 0 Å². The van der Waals surface area contributed by atoms with Gasteiger partial charge in [-0.3, -0.25) is 14.5 Å². The van der Waals surface area contributed by atoms with Gasteiger partial charge in [0.2, 0.25) is 11.8 Å². The van der Waals surface area contributed by atoms with E-state index in [1.54, 1.807) is 37.2 Å². The van der Waals surface area contributed by atoms with Gasteiger partial charge in [-0.25, -0.2) is 0 Å². The molecule has 0 aromatic heterocycles. The van der Waals surface area contributed by atoms with E-state index in [0.29, 0.717) is 23.7 Å². The van der Waals surface area contributed by atoms with Crippen molar-refractivity contribution >= 4 is 23.2 Å². The number of carbonyl (C=O) groups is 2. The van der Waals surface area contributed by atoms with E-state index in [4.69, 9.17) is 10.5 Å². The molecular weight excluding hydrogens is 272 g/mol. The van der Waals surface area contributed by atoms with Crippen LogP contribution in [0.25, 0.3) is 0 Å². The molecule has 1 aromatic carbocycles. The number of amides is 2. The molecule has 0 aliphatic rings. The molecule has 21 heavy (non-hydrogen) atoms. The number of benzene rings is 1. The second kappa shape index (κ2) is 8.11. The van der Waals surface area contributed by atoms with Crippen molar-refractivity contribution in [3.05, 3.63) is 18.2 Å². The van der Waals surface area contributed by atoms with Gasteiger partial charge in [-0.15, -0.1) is 0 Å². The molecule has 1 aromatic rings. The van der Waals surface area contributed by atoms with Crippen molar-refractivity contribution in [2.75, 3.05) is 45.3 Å². The lowest BCUT2D eigenvalue weighted by atomic mass is 10.2. The van der Waals surface area contributed by atoms with Gasteiger partial charge in [-0.1, -0.05) is 0 Å². The van der Waals surface area contributed by atoms with Gasteiger partial charge < -0.3 is 21.1 Å². The first-order valence-electron chi connectivity index (χ1n) is 6.58. The highest BCUT2D eigenvalue weighted by Gasteiger charge is 2.10. The van der Waals surface area contributed by atoms with Crippen LogP contribution in [0.5, 0.6) is 5.75 Å². The molecule has 0 aliphatic heterocycles. The first kappa shape index (κ1) is 16.8. The summed E-state index contributed by atoms with van der Waals surface area (Å²) in [7, 11) is 4.88. The Labute approximate surface area is 124 Å². The predicted molar refractivity (Wildman–Crippen MR) is 82.2 cm³/mol. The first-order valence-corrected chi connectivity index (χ1v) is 6.58. The van der Waals surface area contributed by atoms with Gasteiger partial charge in [0.15, 0.2) is 0 Å². The van der Waals surface area contributed by atoms with Crippen molar-refractivity contribution in [1.29, 1.82) is 0 Å². The molecule has 116 valence electrons. The summed E-state index contributed by atoms with van der Waals surface area (Å²) < 4.78 is 5.16. The number of nitrogens with zero attached hydrogens (tertiary/aromatic N) is 1. The third-order valence-corrected chi connectivity index (χ3v) is 2.91. The molecule has 0 spiro atoms. The Balaban J connectivity index is 2.49. The Kier molecular flexibility index (Phi) is 6.48. The molecule has 0 unspecified atom stereocenters. The van der Waals surface area contributed by atoms with Crippen LogP contribution in [-0.4, -0.2) is 51.0 Å². The van der Waals surface area contributed by atoms with Gasteiger partial charge in [0.1, 0.15) is 5.75 Å². The van der Waals surface area contributed by atoms with Crippen molar-refractivity contribution in [3.8, 4) is 5.75 Å². The Morgan fingerprint density at radius 3 is 2.67 bits per heavy atom. The van der Waals surface area contributed by atoms with E-state index >= 15 is 0 Å². The average molecular weight is 294 g/mol. The lowest BCUT2D eigenvalue weighted by Gasteiger charge is -2.15. The number of anilines is 2. The number of rotatable bonds is 7. The van der Waals surface area contributed by atoms with Gasteiger partial charge in [0, 0.05) is 31.8 Å². The molecule has 2 amide bonds. The number of hydrogen-bond acceptors (Lipinski definition) is 5. The maximum absolute atomic E-state index is 11.9. The number of nitrogen functional groups attached to an aromatic ring is 1. The number of nitrogens with two attached hydrogens (primary N) is 1. The van der Waals surface area contributed by atoms with Gasteiger partial charge in [-0.05, 0) is 19.2 Å². The van der Waals surface area contributed by atoms with Crippen molar-refractivity contribution in [2.24, 2.45) is 0 Å². The summed E-state index contributed by atoms with van der Waals surface area (Å²) in [6.07, 6.45) is 0.279. The van der Waals surface area contributed by atoms with Crippen LogP contribution in [0.1, 0.15) is 6.42 Å². The van der Waals surface area contributed by atoms with Gasteiger partial charge in [-0.2, -0.15) is 0 Å². The minimum atomic E-state index is -0.151. The highest BCUT2D eigenvalue weighted by atomic mass is 16.5. The second-order valence-electron chi connectivity index (χ2n) is 4.67. The number of likely N-dealkylation sites (N-methyl/N-ethyl adjacent to an activating group) is 2. The standard InChI is InChI=1S/C14H22N4O3/c1-16-14(20)9-18(2)7-6-13(19)17-11-5-4-10(15)8-12(11)21-3/h4-5,8H,6-7,9,15H2,1-3H3,(H,16,20)(H,17,19). The molecule has 0 saturated carbocycles. The van der Waals surface area contributed by atoms with E-state index in [1.165, 1.54) is 7.11 Å². The highest BCUT2D eigenvalue weighted by Crippen LogP contribution is 2.26. The van der Waals surface area contributed by atoms with Crippen molar-refractivity contribution < 1.29 is 14.3 Å². The van der Waals surface area contributed by atoms with E-state index in [-0.39, 0.29) is 24.8 Å². The largest absolute Gasteiger partial charge is 0.494 e. The number of hydrogen-bond donors (Lipinski definition) is 3. The Bertz CT molecular complexity index is 505. The molecule has 7 nitrogen and oxygen atoms in total. The summed E-state index contributed by atoms with van der Waals surface area (Å²) in [5, 5.41) is 5.30. The van der Waals surface area contributed by atoms with Gasteiger partial charge in [0.25, 0.3) is 0 Å². The quantitative estimate of drug-likeness (QED) is 0.628. The van der Waals surface area contributed by atoms with Crippen LogP contribution < -0.4 is 21.1 Å². The summed E-state index contributed by atoms with van der Waals surface area (Å²) in [5.41, 5.74) is 6.79. The van der Waals surface area contributed by atoms with Crippen LogP contribution in [0.4, 0.5) is 11.4 Å². The van der Waals surface area contributed by atoms with Crippen LogP contribution in [0, 0.1) is 0 Å². The molecular formula is C14H22N4O3. The zero-order valence-electron chi connectivity index (χ0n) is 12.6. The fourth-order valence-corrected chi connectivity index (χ4v) is 1.72. The average Bonchev–Trinajstić information content (AvgIpc) is 2.46. The summed E-state index contributed by atoms with van der Waals surface area (Å²) in [6, 6.07) is 5.03. The molecule has 0 heterocycles. The van der Waals surface area contributed by atoms with E-state index in [9.17, 15) is 9.59 Å². The van der Waals surface area contributed by atoms with Gasteiger partial charge in [0.05, 0.1) is 19.3 Å². The topological polar surface area (TPSA) is 96.7 Å². The molecule has 0 atom stereocenters. The lowest BCUT2D eigenvalue weighted by molar-refractivity contribution is -0.122. The van der Waals surface area contributed by atoms with E-state index in [0.717, 1.165) is 0 Å². The van der Waals surface area contributed by atoms with Crippen LogP contribution in [0.15, 0.2) is 18.2 Å². The monoisotopic (exact) mass is 294 g/mol. The summed E-state index contributed by atoms with van der Waals surface area (Å²) >= 11 is 0. The lowest BCUT2D eigenvalue weighted by Crippen LogP contribution is -2.34. The maximum atomic E-state index is 11.9. The van der Waals surface area contributed by atoms with Crippen LogP contribution in [0.3, 0.4) is 0 Å². The van der Waals surface area contributed by atoms with Crippen LogP contribution in [-0.2, 0) is 9.59 Å². The summed E-state index contributed by atoms with van der Waals surface area (Å²) in [6.45, 7) is 0.742. The number of nitrogens with one attached hydrogen (secondary N) is 2. The fraction of sp³-hybridized carbons (Fsp3) is 0.429. The third-order valence-electron chi connectivity index (χ3n) is 2.91. The molecule has 0 radical (unpaired) electrons. The third kappa shape index (κ3) is 5.70. The summed E-state index contributed by atoms with van der Waals surface area (Å²) in [5.74, 6) is 0.280. The fourth-order valence-electron chi connectivity index (χ4n) is 1.72. The van der Waals surface area contributed by atoms with Crippen LogP contribution in [0.2, 0.25) is 0 Å². The molecule has 0 fully saturated rings. The number of carbonyl (C=O) groups excluding carboxylic acids is 2. The molecule has 0 saturated heterocycles. The Hall–Kier alpha value is -2.28. The minimum Gasteiger partial charge on any atom is -0.494 e. The van der Waals surface area contributed by atoms with Crippen molar-refractivity contribution in [2.45, 2.75) is 6.42 Å². The molecule has 0 aliphatic carbocycles. The van der Waals surface area contributed by atoms with Crippen molar-refractivity contribution in [1.82, 2.24) is 10.2 Å². The van der Waals surface area contributed by atoms with E-state index in [2.05, 4.69) is 10.6 Å².